The first-order chi connectivity index (χ1) is 9.66. The highest BCUT2D eigenvalue weighted by atomic mass is 35.5. The van der Waals surface area contributed by atoms with E-state index in [-0.39, 0.29) is 6.42 Å². The van der Waals surface area contributed by atoms with Gasteiger partial charge in [-0.3, -0.25) is 4.98 Å². The summed E-state index contributed by atoms with van der Waals surface area (Å²) in [6.07, 6.45) is 5.63. The van der Waals surface area contributed by atoms with E-state index in [9.17, 15) is 9.50 Å². The Morgan fingerprint density at radius 2 is 2.20 bits per heavy atom. The number of fused-ring (bicyclic) bond motifs is 1. The predicted octanol–water partition coefficient (Wildman–Crippen LogP) is 2.80. The van der Waals surface area contributed by atoms with Gasteiger partial charge in [-0.25, -0.2) is 8.91 Å². The fourth-order valence-electron chi connectivity index (χ4n) is 2.14. The molecule has 2 heterocycles. The van der Waals surface area contributed by atoms with Crippen molar-refractivity contribution in [3.8, 4) is 0 Å². The van der Waals surface area contributed by atoms with Crippen molar-refractivity contribution in [3.63, 3.8) is 0 Å². The van der Waals surface area contributed by atoms with Crippen molar-refractivity contribution >= 4 is 17.1 Å². The third-order valence-corrected chi connectivity index (χ3v) is 3.53. The first-order valence-electron chi connectivity index (χ1n) is 6.05. The molecule has 4 nitrogen and oxygen atoms in total. The van der Waals surface area contributed by atoms with E-state index < -0.39 is 11.9 Å². The van der Waals surface area contributed by atoms with Crippen molar-refractivity contribution in [2.75, 3.05) is 0 Å². The van der Waals surface area contributed by atoms with E-state index in [1.165, 1.54) is 12.1 Å². The van der Waals surface area contributed by atoms with E-state index in [2.05, 4.69) is 10.1 Å². The van der Waals surface area contributed by atoms with Crippen LogP contribution in [0.25, 0.3) is 5.52 Å². The highest BCUT2D eigenvalue weighted by molar-refractivity contribution is 6.31. The normalized spacial score (nSPS) is 12.8. The van der Waals surface area contributed by atoms with Gasteiger partial charge in [0, 0.05) is 35.0 Å². The number of nitrogens with zero attached hydrogens (tertiary/aromatic N) is 3. The van der Waals surface area contributed by atoms with E-state index in [1.54, 1.807) is 35.4 Å². The number of aromatic nitrogens is 3. The van der Waals surface area contributed by atoms with Crippen molar-refractivity contribution in [2.45, 2.75) is 12.5 Å². The van der Waals surface area contributed by atoms with E-state index >= 15 is 0 Å². The third kappa shape index (κ3) is 2.26. The van der Waals surface area contributed by atoms with Crippen molar-refractivity contribution in [1.82, 2.24) is 14.6 Å². The topological polar surface area (TPSA) is 50.4 Å². The quantitative estimate of drug-likeness (QED) is 0.807. The molecule has 0 radical (unpaired) electrons. The fourth-order valence-corrected chi connectivity index (χ4v) is 2.38. The molecule has 1 N–H and O–H groups in total. The highest BCUT2D eigenvalue weighted by Crippen LogP contribution is 2.27. The van der Waals surface area contributed by atoms with Crippen LogP contribution >= 0.6 is 11.6 Å². The molecule has 0 aliphatic heterocycles. The molecule has 0 fully saturated rings. The van der Waals surface area contributed by atoms with Gasteiger partial charge in [-0.1, -0.05) is 17.7 Å². The summed E-state index contributed by atoms with van der Waals surface area (Å²) in [5.41, 5.74) is 1.58. The first-order valence-corrected chi connectivity index (χ1v) is 6.43. The van der Waals surface area contributed by atoms with Crippen LogP contribution in [-0.2, 0) is 6.42 Å². The van der Waals surface area contributed by atoms with Gasteiger partial charge in [0.1, 0.15) is 5.82 Å². The summed E-state index contributed by atoms with van der Waals surface area (Å²) in [5, 5.41) is 14.7. The van der Waals surface area contributed by atoms with Crippen LogP contribution in [0.5, 0.6) is 0 Å². The summed E-state index contributed by atoms with van der Waals surface area (Å²) < 4.78 is 15.3. The number of aliphatic hydroxyl groups excluding tert-OH is 1. The molecule has 2 aromatic heterocycles. The van der Waals surface area contributed by atoms with Gasteiger partial charge in [0.05, 0.1) is 24.0 Å². The average Bonchev–Trinajstić information content (AvgIpc) is 2.87. The number of rotatable bonds is 3. The van der Waals surface area contributed by atoms with Crippen LogP contribution in [-0.4, -0.2) is 19.7 Å². The SMILES string of the molecule is OC(Cc1c(F)cccc1Cl)c1cnn2ccncc12. The minimum absolute atomic E-state index is 0.0851. The zero-order valence-corrected chi connectivity index (χ0v) is 11.1. The van der Waals surface area contributed by atoms with Crippen LogP contribution in [0.3, 0.4) is 0 Å². The summed E-state index contributed by atoms with van der Waals surface area (Å²) in [4.78, 5) is 4.00. The average molecular weight is 292 g/mol. The molecule has 6 heteroatoms. The van der Waals surface area contributed by atoms with Crippen LogP contribution in [0.2, 0.25) is 5.02 Å². The zero-order chi connectivity index (χ0) is 14.1. The van der Waals surface area contributed by atoms with E-state index in [4.69, 9.17) is 11.6 Å². The molecule has 0 saturated heterocycles. The Morgan fingerprint density at radius 1 is 1.35 bits per heavy atom. The maximum Gasteiger partial charge on any atom is 0.127 e. The van der Waals surface area contributed by atoms with E-state index in [0.29, 0.717) is 21.7 Å². The molecule has 0 amide bonds. The van der Waals surface area contributed by atoms with Gasteiger partial charge < -0.3 is 5.11 Å². The molecule has 0 spiro atoms. The lowest BCUT2D eigenvalue weighted by molar-refractivity contribution is 0.178. The molecule has 0 aliphatic rings. The second-order valence-electron chi connectivity index (χ2n) is 4.43. The first kappa shape index (κ1) is 13.0. The lowest BCUT2D eigenvalue weighted by Crippen LogP contribution is -2.04. The minimum atomic E-state index is -0.897. The van der Waals surface area contributed by atoms with E-state index in [1.807, 2.05) is 0 Å². The Morgan fingerprint density at radius 3 is 3.00 bits per heavy atom. The number of aliphatic hydroxyl groups is 1. The Labute approximate surface area is 119 Å². The number of halogens is 2. The molecule has 102 valence electrons. The largest absolute Gasteiger partial charge is 0.388 e. The van der Waals surface area contributed by atoms with Crippen LogP contribution in [0, 0.1) is 5.82 Å². The molecule has 1 unspecified atom stereocenters. The summed E-state index contributed by atoms with van der Waals surface area (Å²) >= 11 is 5.97. The van der Waals surface area contributed by atoms with Gasteiger partial charge in [-0.15, -0.1) is 0 Å². The van der Waals surface area contributed by atoms with Crippen molar-refractivity contribution < 1.29 is 9.50 Å². The van der Waals surface area contributed by atoms with Crippen molar-refractivity contribution in [1.29, 1.82) is 0 Å². The summed E-state index contributed by atoms with van der Waals surface area (Å²) in [6.45, 7) is 0. The Balaban J connectivity index is 1.95. The van der Waals surface area contributed by atoms with Crippen LogP contribution in [0.15, 0.2) is 43.0 Å². The molecule has 20 heavy (non-hydrogen) atoms. The second-order valence-corrected chi connectivity index (χ2v) is 4.83. The van der Waals surface area contributed by atoms with Crippen molar-refractivity contribution in [2.24, 2.45) is 0 Å². The smallest absolute Gasteiger partial charge is 0.127 e. The molecule has 0 bridgehead atoms. The van der Waals surface area contributed by atoms with E-state index in [0.717, 1.165) is 0 Å². The van der Waals surface area contributed by atoms with Gasteiger partial charge in [0.25, 0.3) is 0 Å². The fraction of sp³-hybridized carbons (Fsp3) is 0.143. The summed E-state index contributed by atoms with van der Waals surface area (Å²) in [7, 11) is 0. The maximum atomic E-state index is 13.7. The monoisotopic (exact) mass is 291 g/mol. The lowest BCUT2D eigenvalue weighted by atomic mass is 10.0. The van der Waals surface area contributed by atoms with Gasteiger partial charge in [0.15, 0.2) is 0 Å². The molecule has 0 aliphatic carbocycles. The molecular weight excluding hydrogens is 281 g/mol. The molecular formula is C14H11ClFN3O. The maximum absolute atomic E-state index is 13.7. The molecule has 1 aromatic carbocycles. The Hall–Kier alpha value is -1.98. The van der Waals surface area contributed by atoms with Gasteiger partial charge in [0.2, 0.25) is 0 Å². The highest BCUT2D eigenvalue weighted by Gasteiger charge is 2.18. The third-order valence-electron chi connectivity index (χ3n) is 3.17. The molecule has 3 rings (SSSR count). The molecule has 1 atom stereocenters. The summed E-state index contributed by atoms with van der Waals surface area (Å²) in [5.74, 6) is -0.425. The van der Waals surface area contributed by atoms with Gasteiger partial charge >= 0.3 is 0 Å². The summed E-state index contributed by atoms with van der Waals surface area (Å²) in [6, 6.07) is 4.46. The standard InChI is InChI=1S/C14H11ClFN3O/c15-11-2-1-3-12(16)9(11)6-14(20)10-7-18-19-5-4-17-8-13(10)19/h1-5,7-8,14,20H,6H2. The predicted molar refractivity (Wildman–Crippen MR) is 73.1 cm³/mol. The van der Waals surface area contributed by atoms with Gasteiger partial charge in [-0.2, -0.15) is 5.10 Å². The molecule has 3 aromatic rings. The zero-order valence-electron chi connectivity index (χ0n) is 10.4. The Kier molecular flexibility index (Phi) is 3.38. The van der Waals surface area contributed by atoms with Gasteiger partial charge in [-0.05, 0) is 12.1 Å². The Bertz CT molecular complexity index is 739. The van der Waals surface area contributed by atoms with Crippen LogP contribution in [0.1, 0.15) is 17.2 Å². The lowest BCUT2D eigenvalue weighted by Gasteiger charge is -2.11. The minimum Gasteiger partial charge on any atom is -0.388 e. The van der Waals surface area contributed by atoms with Crippen molar-refractivity contribution in [3.05, 3.63) is 65.0 Å². The second kappa shape index (κ2) is 5.19. The number of hydrogen-bond acceptors (Lipinski definition) is 3. The number of benzene rings is 1. The molecule has 0 saturated carbocycles. The van der Waals surface area contributed by atoms with Crippen LogP contribution < -0.4 is 0 Å². The number of hydrogen-bond donors (Lipinski definition) is 1. The van der Waals surface area contributed by atoms with Crippen LogP contribution in [0.4, 0.5) is 4.39 Å².